The molecule has 2 heterocycles. The predicted octanol–water partition coefficient (Wildman–Crippen LogP) is 1.98. The van der Waals surface area contributed by atoms with Crippen molar-refractivity contribution in [3.05, 3.63) is 47.3 Å². The molecule has 1 aromatic heterocycles. The van der Waals surface area contributed by atoms with E-state index in [2.05, 4.69) is 10.4 Å². The zero-order chi connectivity index (χ0) is 17.6. The molecule has 0 unspecified atom stereocenters. The summed E-state index contributed by atoms with van der Waals surface area (Å²) in [6.07, 6.45) is 4.20. The van der Waals surface area contributed by atoms with E-state index in [0.717, 1.165) is 29.8 Å². The second-order valence-electron chi connectivity index (χ2n) is 6.99. The van der Waals surface area contributed by atoms with Crippen LogP contribution < -0.4 is 5.32 Å². The number of hydrogen-bond donors (Lipinski definition) is 1. The molecule has 0 radical (unpaired) electrons. The lowest BCUT2D eigenvalue weighted by Gasteiger charge is -2.13. The number of carbonyl (C=O) groups is 1. The monoisotopic (exact) mass is 359 g/mol. The average molecular weight is 359 g/mol. The third-order valence-corrected chi connectivity index (χ3v) is 6.69. The number of para-hydroxylation sites is 1. The molecule has 1 saturated carbocycles. The summed E-state index contributed by atoms with van der Waals surface area (Å²) >= 11 is 0. The molecule has 1 aliphatic carbocycles. The maximum Gasteiger partial charge on any atom is 0.255 e. The lowest BCUT2D eigenvalue weighted by molar-refractivity contribution is 0.0940. The van der Waals surface area contributed by atoms with Gasteiger partial charge in [-0.1, -0.05) is 18.2 Å². The Bertz CT molecular complexity index is 929. The van der Waals surface area contributed by atoms with Gasteiger partial charge < -0.3 is 5.32 Å². The van der Waals surface area contributed by atoms with Crippen LogP contribution in [0.4, 0.5) is 0 Å². The van der Waals surface area contributed by atoms with E-state index >= 15 is 0 Å². The number of amides is 1. The van der Waals surface area contributed by atoms with Crippen molar-refractivity contribution in [2.75, 3.05) is 11.5 Å². The SMILES string of the molecule is Cc1ccccc1-n1ncc(C(=O)N[C@@H]2CCS(=O)(=O)C2)c1C1CC1. The summed E-state index contributed by atoms with van der Waals surface area (Å²) < 4.78 is 25.1. The molecule has 2 aromatic rings. The molecule has 132 valence electrons. The van der Waals surface area contributed by atoms with Gasteiger partial charge in [0.05, 0.1) is 34.6 Å². The van der Waals surface area contributed by atoms with Gasteiger partial charge in [-0.05, 0) is 37.8 Å². The Labute approximate surface area is 147 Å². The summed E-state index contributed by atoms with van der Waals surface area (Å²) in [6, 6.07) is 7.67. The Balaban J connectivity index is 1.64. The second-order valence-corrected chi connectivity index (χ2v) is 9.22. The number of nitrogens with zero attached hydrogens (tertiary/aromatic N) is 2. The standard InChI is InChI=1S/C18H21N3O3S/c1-12-4-2-3-5-16(12)21-17(13-6-7-13)15(10-19-21)18(22)20-14-8-9-25(23,24)11-14/h2-5,10,13-14H,6-9,11H2,1H3,(H,20,22)/t14-/m1/s1. The van der Waals surface area contributed by atoms with Crippen LogP contribution in [0.25, 0.3) is 5.69 Å². The first kappa shape index (κ1) is 16.3. The summed E-state index contributed by atoms with van der Waals surface area (Å²) in [7, 11) is -3.02. The Morgan fingerprint density at radius 1 is 1.24 bits per heavy atom. The summed E-state index contributed by atoms with van der Waals surface area (Å²) in [4.78, 5) is 12.7. The summed E-state index contributed by atoms with van der Waals surface area (Å²) in [5, 5.41) is 7.35. The fourth-order valence-corrected chi connectivity index (χ4v) is 5.12. The number of aromatic nitrogens is 2. The minimum Gasteiger partial charge on any atom is -0.348 e. The smallest absolute Gasteiger partial charge is 0.255 e. The highest BCUT2D eigenvalue weighted by Crippen LogP contribution is 2.42. The van der Waals surface area contributed by atoms with Crippen LogP contribution in [0.15, 0.2) is 30.5 Å². The van der Waals surface area contributed by atoms with E-state index in [1.807, 2.05) is 35.9 Å². The van der Waals surface area contributed by atoms with Gasteiger partial charge in [0.25, 0.3) is 5.91 Å². The van der Waals surface area contributed by atoms with Gasteiger partial charge in [0.2, 0.25) is 0 Å². The van der Waals surface area contributed by atoms with Crippen molar-refractivity contribution in [3.8, 4) is 5.69 Å². The Hall–Kier alpha value is -2.15. The molecular formula is C18H21N3O3S. The average Bonchev–Trinajstić information content (AvgIpc) is 3.21. The molecule has 2 fully saturated rings. The van der Waals surface area contributed by atoms with E-state index in [1.54, 1.807) is 6.20 Å². The van der Waals surface area contributed by atoms with Gasteiger partial charge in [-0.2, -0.15) is 5.10 Å². The fourth-order valence-electron chi connectivity index (χ4n) is 3.45. The van der Waals surface area contributed by atoms with Crippen LogP contribution >= 0.6 is 0 Å². The molecule has 1 saturated heterocycles. The van der Waals surface area contributed by atoms with Gasteiger partial charge >= 0.3 is 0 Å². The van der Waals surface area contributed by atoms with Gasteiger partial charge in [-0.3, -0.25) is 4.79 Å². The first-order valence-corrected chi connectivity index (χ1v) is 10.4. The van der Waals surface area contributed by atoms with Gasteiger partial charge in [-0.25, -0.2) is 13.1 Å². The minimum atomic E-state index is -3.02. The van der Waals surface area contributed by atoms with E-state index in [4.69, 9.17) is 0 Å². The number of nitrogens with one attached hydrogen (secondary N) is 1. The maximum absolute atomic E-state index is 12.7. The Kier molecular flexibility index (Phi) is 3.91. The predicted molar refractivity (Wildman–Crippen MR) is 94.8 cm³/mol. The van der Waals surface area contributed by atoms with E-state index in [1.165, 1.54) is 0 Å². The van der Waals surface area contributed by atoms with Crippen LogP contribution in [-0.2, 0) is 9.84 Å². The van der Waals surface area contributed by atoms with Crippen molar-refractivity contribution < 1.29 is 13.2 Å². The number of rotatable bonds is 4. The number of benzene rings is 1. The lowest BCUT2D eigenvalue weighted by atomic mass is 10.1. The molecule has 0 spiro atoms. The molecule has 1 aliphatic heterocycles. The van der Waals surface area contributed by atoms with Gasteiger partial charge in [-0.15, -0.1) is 0 Å². The van der Waals surface area contributed by atoms with Crippen molar-refractivity contribution >= 4 is 15.7 Å². The van der Waals surface area contributed by atoms with E-state index in [-0.39, 0.29) is 23.5 Å². The molecule has 1 N–H and O–H groups in total. The third-order valence-electron chi connectivity index (χ3n) is 4.93. The van der Waals surface area contributed by atoms with Crippen molar-refractivity contribution in [2.45, 2.75) is 38.1 Å². The van der Waals surface area contributed by atoms with Crippen LogP contribution in [0.3, 0.4) is 0 Å². The molecule has 1 amide bonds. The highest BCUT2D eigenvalue weighted by atomic mass is 32.2. The molecule has 0 bridgehead atoms. The van der Waals surface area contributed by atoms with Gasteiger partial charge in [0.1, 0.15) is 0 Å². The summed E-state index contributed by atoms with van der Waals surface area (Å²) in [6.45, 7) is 2.02. The Morgan fingerprint density at radius 2 is 2.00 bits per heavy atom. The summed E-state index contributed by atoms with van der Waals surface area (Å²) in [5.74, 6) is 0.304. The molecule has 25 heavy (non-hydrogen) atoms. The first-order valence-electron chi connectivity index (χ1n) is 8.60. The normalized spacial score (nSPS) is 22.0. The molecule has 7 heteroatoms. The lowest BCUT2D eigenvalue weighted by Crippen LogP contribution is -2.35. The van der Waals surface area contributed by atoms with E-state index in [0.29, 0.717) is 17.9 Å². The molecule has 6 nitrogen and oxygen atoms in total. The quantitative estimate of drug-likeness (QED) is 0.905. The molecular weight excluding hydrogens is 338 g/mol. The third kappa shape index (κ3) is 3.20. The van der Waals surface area contributed by atoms with Crippen molar-refractivity contribution in [1.29, 1.82) is 0 Å². The second kappa shape index (κ2) is 5.98. The minimum absolute atomic E-state index is 0.0312. The largest absolute Gasteiger partial charge is 0.348 e. The zero-order valence-electron chi connectivity index (χ0n) is 14.1. The van der Waals surface area contributed by atoms with Crippen LogP contribution in [0.1, 0.15) is 46.8 Å². The number of carbonyl (C=O) groups excluding carboxylic acids is 1. The van der Waals surface area contributed by atoms with E-state index < -0.39 is 9.84 Å². The van der Waals surface area contributed by atoms with Crippen molar-refractivity contribution in [2.24, 2.45) is 0 Å². The Morgan fingerprint density at radius 3 is 2.64 bits per heavy atom. The number of aryl methyl sites for hydroxylation is 1. The summed E-state index contributed by atoms with van der Waals surface area (Å²) in [5.41, 5.74) is 3.58. The maximum atomic E-state index is 12.7. The molecule has 2 aliphatic rings. The van der Waals surface area contributed by atoms with Crippen LogP contribution in [0.5, 0.6) is 0 Å². The van der Waals surface area contributed by atoms with Gasteiger partial charge in [0.15, 0.2) is 9.84 Å². The highest BCUT2D eigenvalue weighted by Gasteiger charge is 2.35. The highest BCUT2D eigenvalue weighted by molar-refractivity contribution is 7.91. The first-order chi connectivity index (χ1) is 11.9. The number of hydrogen-bond acceptors (Lipinski definition) is 4. The van der Waals surface area contributed by atoms with Crippen molar-refractivity contribution in [1.82, 2.24) is 15.1 Å². The number of sulfone groups is 1. The van der Waals surface area contributed by atoms with E-state index in [9.17, 15) is 13.2 Å². The molecule has 4 rings (SSSR count). The fraction of sp³-hybridized carbons (Fsp3) is 0.444. The zero-order valence-corrected chi connectivity index (χ0v) is 14.9. The topological polar surface area (TPSA) is 81.1 Å². The molecule has 1 atom stereocenters. The van der Waals surface area contributed by atoms with Gasteiger partial charge in [0, 0.05) is 12.0 Å². The van der Waals surface area contributed by atoms with Crippen LogP contribution in [0, 0.1) is 6.92 Å². The molecule has 1 aromatic carbocycles. The van der Waals surface area contributed by atoms with Crippen LogP contribution in [0.2, 0.25) is 0 Å². The van der Waals surface area contributed by atoms with Crippen molar-refractivity contribution in [3.63, 3.8) is 0 Å². The van der Waals surface area contributed by atoms with Crippen LogP contribution in [-0.4, -0.2) is 41.7 Å².